The van der Waals surface area contributed by atoms with E-state index in [1.807, 2.05) is 13.8 Å². The van der Waals surface area contributed by atoms with Gasteiger partial charge in [0, 0.05) is 7.11 Å². The van der Waals surface area contributed by atoms with Gasteiger partial charge in [0.25, 0.3) is 0 Å². The second-order valence-corrected chi connectivity index (χ2v) is 5.34. The summed E-state index contributed by atoms with van der Waals surface area (Å²) >= 11 is 0. The first-order valence-corrected chi connectivity index (χ1v) is 7.23. The molecular weight excluding hydrogens is 263 g/mol. The van der Waals surface area contributed by atoms with Gasteiger partial charge in [-0.3, -0.25) is 4.52 Å². The van der Waals surface area contributed by atoms with Gasteiger partial charge in [-0.1, -0.05) is 0 Å². The highest BCUT2D eigenvalue weighted by Gasteiger charge is 2.19. The van der Waals surface area contributed by atoms with Crippen LogP contribution in [0.25, 0.3) is 0 Å². The van der Waals surface area contributed by atoms with Crippen molar-refractivity contribution in [3.05, 3.63) is 0 Å². The van der Waals surface area contributed by atoms with Gasteiger partial charge in [-0.05, 0) is 20.8 Å². The fourth-order valence-corrected chi connectivity index (χ4v) is 1.72. The molecule has 0 heterocycles. The van der Waals surface area contributed by atoms with E-state index in [0.29, 0.717) is 13.2 Å². The van der Waals surface area contributed by atoms with Crippen LogP contribution in [0.15, 0.2) is 0 Å². The predicted octanol–water partition coefficient (Wildman–Crippen LogP) is 0.941. The molecule has 18 heavy (non-hydrogen) atoms. The van der Waals surface area contributed by atoms with Gasteiger partial charge in [0.05, 0.1) is 38.1 Å². The molecule has 0 saturated carbocycles. The SMILES string of the molecule is COCC(C)OCC(C)OCC(C)OP(=O)(O)O. The summed E-state index contributed by atoms with van der Waals surface area (Å²) in [5.74, 6) is 0. The molecule has 110 valence electrons. The van der Waals surface area contributed by atoms with Gasteiger partial charge in [0.1, 0.15) is 0 Å². The van der Waals surface area contributed by atoms with E-state index in [1.54, 1.807) is 7.11 Å². The molecule has 8 heteroatoms. The molecule has 0 radical (unpaired) electrons. The maximum atomic E-state index is 10.6. The first kappa shape index (κ1) is 18.0. The highest BCUT2D eigenvalue weighted by Crippen LogP contribution is 2.37. The summed E-state index contributed by atoms with van der Waals surface area (Å²) < 4.78 is 30.7. The number of hydrogen-bond acceptors (Lipinski definition) is 5. The van der Waals surface area contributed by atoms with Crippen molar-refractivity contribution in [1.29, 1.82) is 0 Å². The van der Waals surface area contributed by atoms with Crippen LogP contribution in [0.5, 0.6) is 0 Å². The average molecular weight is 286 g/mol. The molecule has 0 spiro atoms. The molecule has 7 nitrogen and oxygen atoms in total. The van der Waals surface area contributed by atoms with Crippen LogP contribution in [0.2, 0.25) is 0 Å². The van der Waals surface area contributed by atoms with E-state index in [4.69, 9.17) is 24.0 Å². The summed E-state index contributed by atoms with van der Waals surface area (Å²) in [5.41, 5.74) is 0. The van der Waals surface area contributed by atoms with Crippen molar-refractivity contribution in [2.75, 3.05) is 26.9 Å². The Morgan fingerprint density at radius 3 is 1.83 bits per heavy atom. The largest absolute Gasteiger partial charge is 0.469 e. The Hall–Kier alpha value is -0.0100. The molecule has 0 aliphatic rings. The summed E-state index contributed by atoms with van der Waals surface area (Å²) in [7, 11) is -2.85. The van der Waals surface area contributed by atoms with Crippen molar-refractivity contribution in [2.24, 2.45) is 0 Å². The summed E-state index contributed by atoms with van der Waals surface area (Å²) in [6, 6.07) is 0. The Morgan fingerprint density at radius 2 is 1.39 bits per heavy atom. The molecular formula is C10H23O7P. The Morgan fingerprint density at radius 1 is 0.944 bits per heavy atom. The lowest BCUT2D eigenvalue weighted by Gasteiger charge is -2.19. The zero-order valence-electron chi connectivity index (χ0n) is 11.2. The van der Waals surface area contributed by atoms with Gasteiger partial charge >= 0.3 is 7.82 Å². The molecule has 0 saturated heterocycles. The lowest BCUT2D eigenvalue weighted by atomic mass is 10.4. The van der Waals surface area contributed by atoms with Crippen molar-refractivity contribution in [3.63, 3.8) is 0 Å². The summed E-state index contributed by atoms with van der Waals surface area (Å²) in [5, 5.41) is 0. The van der Waals surface area contributed by atoms with E-state index in [-0.39, 0.29) is 18.8 Å². The molecule has 0 aliphatic heterocycles. The number of methoxy groups -OCH3 is 1. The van der Waals surface area contributed by atoms with Gasteiger partial charge in [-0.2, -0.15) is 0 Å². The quantitative estimate of drug-likeness (QED) is 0.577. The topological polar surface area (TPSA) is 94.5 Å². The minimum Gasteiger partial charge on any atom is -0.382 e. The molecule has 0 fully saturated rings. The van der Waals surface area contributed by atoms with Crippen LogP contribution in [-0.2, 0) is 23.3 Å². The van der Waals surface area contributed by atoms with Crippen LogP contribution in [0, 0.1) is 0 Å². The Balaban J connectivity index is 3.70. The van der Waals surface area contributed by atoms with Crippen molar-refractivity contribution in [1.82, 2.24) is 0 Å². The lowest BCUT2D eigenvalue weighted by Crippen LogP contribution is -2.26. The maximum absolute atomic E-state index is 10.6. The van der Waals surface area contributed by atoms with E-state index >= 15 is 0 Å². The third-order valence-corrected chi connectivity index (χ3v) is 2.58. The lowest BCUT2D eigenvalue weighted by molar-refractivity contribution is -0.0650. The van der Waals surface area contributed by atoms with Crippen LogP contribution in [0.4, 0.5) is 0 Å². The van der Waals surface area contributed by atoms with Crippen LogP contribution in [-0.4, -0.2) is 55.0 Å². The van der Waals surface area contributed by atoms with Crippen molar-refractivity contribution < 1.29 is 33.1 Å². The second-order valence-electron chi connectivity index (χ2n) is 4.15. The maximum Gasteiger partial charge on any atom is 0.469 e. The number of phosphoric acid groups is 1. The molecule has 0 aromatic rings. The van der Waals surface area contributed by atoms with Crippen LogP contribution >= 0.6 is 7.82 Å². The fraction of sp³-hybridized carbons (Fsp3) is 1.00. The Kier molecular flexibility index (Phi) is 8.98. The zero-order valence-corrected chi connectivity index (χ0v) is 12.1. The average Bonchev–Trinajstić information content (AvgIpc) is 2.21. The molecule has 0 amide bonds. The highest BCUT2D eigenvalue weighted by atomic mass is 31.2. The molecule has 0 rings (SSSR count). The number of phosphoric ester groups is 1. The summed E-state index contributed by atoms with van der Waals surface area (Å²) in [6.45, 7) is 6.20. The van der Waals surface area contributed by atoms with E-state index in [0.717, 1.165) is 0 Å². The normalized spacial score (nSPS) is 17.4. The third kappa shape index (κ3) is 11.1. The van der Waals surface area contributed by atoms with Gasteiger partial charge in [-0.15, -0.1) is 0 Å². The van der Waals surface area contributed by atoms with Crippen molar-refractivity contribution in [3.8, 4) is 0 Å². The third-order valence-electron chi connectivity index (χ3n) is 1.95. The summed E-state index contributed by atoms with van der Waals surface area (Å²) in [4.78, 5) is 17.2. The van der Waals surface area contributed by atoms with Crippen LogP contribution in [0.1, 0.15) is 20.8 Å². The minimum atomic E-state index is -4.45. The van der Waals surface area contributed by atoms with Crippen molar-refractivity contribution in [2.45, 2.75) is 39.1 Å². The number of rotatable bonds is 10. The summed E-state index contributed by atoms with van der Waals surface area (Å²) in [6.07, 6.45) is -0.887. The molecule has 2 N–H and O–H groups in total. The van der Waals surface area contributed by atoms with Gasteiger partial charge in [-0.25, -0.2) is 4.57 Å². The fourth-order valence-electron chi connectivity index (χ4n) is 1.20. The number of hydrogen-bond donors (Lipinski definition) is 2. The van der Waals surface area contributed by atoms with Gasteiger partial charge in [0.2, 0.25) is 0 Å². The standard InChI is InChI=1S/C10H23O7P/c1-8(5-14-4)15-6-9(2)16-7-10(3)17-18(11,12)13/h8-10H,5-7H2,1-4H3,(H2,11,12,13). The molecule has 0 bridgehead atoms. The zero-order chi connectivity index (χ0) is 14.2. The van der Waals surface area contributed by atoms with Crippen LogP contribution < -0.4 is 0 Å². The molecule has 0 aromatic heterocycles. The van der Waals surface area contributed by atoms with E-state index in [1.165, 1.54) is 6.92 Å². The Labute approximate surface area is 108 Å². The first-order chi connectivity index (χ1) is 8.24. The van der Waals surface area contributed by atoms with Crippen LogP contribution in [0.3, 0.4) is 0 Å². The molecule has 3 atom stereocenters. The first-order valence-electron chi connectivity index (χ1n) is 5.70. The second kappa shape index (κ2) is 8.98. The number of ether oxygens (including phenoxy) is 3. The molecule has 0 aliphatic carbocycles. The molecule has 0 aromatic carbocycles. The molecule has 3 unspecified atom stereocenters. The van der Waals surface area contributed by atoms with Crippen molar-refractivity contribution >= 4 is 7.82 Å². The van der Waals surface area contributed by atoms with Gasteiger partial charge in [0.15, 0.2) is 0 Å². The van der Waals surface area contributed by atoms with E-state index in [2.05, 4.69) is 4.52 Å². The smallest absolute Gasteiger partial charge is 0.382 e. The van der Waals surface area contributed by atoms with E-state index < -0.39 is 13.9 Å². The van der Waals surface area contributed by atoms with Gasteiger partial charge < -0.3 is 24.0 Å². The minimum absolute atomic E-state index is 0.0233. The Bertz CT molecular complexity index is 255. The monoisotopic (exact) mass is 286 g/mol. The predicted molar refractivity (Wildman–Crippen MR) is 65.3 cm³/mol. The van der Waals surface area contributed by atoms with E-state index in [9.17, 15) is 4.57 Å². The highest BCUT2D eigenvalue weighted by molar-refractivity contribution is 7.46.